The fourth-order valence-corrected chi connectivity index (χ4v) is 2.67. The number of carbonyl (C=O) groups excluding carboxylic acids is 1. The zero-order valence-electron chi connectivity index (χ0n) is 16.0. The van der Waals surface area contributed by atoms with Gasteiger partial charge < -0.3 is 9.47 Å². The zero-order chi connectivity index (χ0) is 18.3. The van der Waals surface area contributed by atoms with Crippen LogP contribution in [0.5, 0.6) is 5.75 Å². The van der Waals surface area contributed by atoms with E-state index in [1.54, 1.807) is 0 Å². The van der Waals surface area contributed by atoms with E-state index in [1.165, 1.54) is 55.7 Å². The minimum Gasteiger partial charge on any atom is -0.494 e. The molecule has 25 heavy (non-hydrogen) atoms. The van der Waals surface area contributed by atoms with Crippen LogP contribution in [0.1, 0.15) is 68.9 Å². The molecule has 0 N–H and O–H groups in total. The second-order valence-corrected chi connectivity index (χ2v) is 6.65. The Morgan fingerprint density at radius 1 is 0.880 bits per heavy atom. The predicted octanol–water partition coefficient (Wildman–Crippen LogP) is 5.92. The van der Waals surface area contributed by atoms with E-state index in [0.29, 0.717) is 6.61 Å². The van der Waals surface area contributed by atoms with Crippen LogP contribution in [0.2, 0.25) is 0 Å². The van der Waals surface area contributed by atoms with Gasteiger partial charge >= 0.3 is 5.97 Å². The number of hydrogen-bond acceptors (Lipinski definition) is 3. The van der Waals surface area contributed by atoms with Crippen LogP contribution < -0.4 is 4.74 Å². The minimum atomic E-state index is -0.318. The monoisotopic (exact) mass is 346 g/mol. The first-order valence-electron chi connectivity index (χ1n) is 9.62. The van der Waals surface area contributed by atoms with E-state index < -0.39 is 0 Å². The fourth-order valence-electron chi connectivity index (χ4n) is 2.67. The second kappa shape index (κ2) is 13.5. The van der Waals surface area contributed by atoms with Crippen molar-refractivity contribution in [1.29, 1.82) is 0 Å². The highest BCUT2D eigenvalue weighted by molar-refractivity contribution is 5.81. The van der Waals surface area contributed by atoms with E-state index in [2.05, 4.69) is 38.6 Å². The van der Waals surface area contributed by atoms with E-state index in [0.717, 1.165) is 31.6 Å². The van der Waals surface area contributed by atoms with Crippen molar-refractivity contribution in [3.05, 3.63) is 42.0 Å². The number of carbonyl (C=O) groups is 1. The summed E-state index contributed by atoms with van der Waals surface area (Å²) in [5, 5.41) is 0. The summed E-state index contributed by atoms with van der Waals surface area (Å²) < 4.78 is 10.8. The van der Waals surface area contributed by atoms with Gasteiger partial charge in [-0.15, -0.1) is 0 Å². The summed E-state index contributed by atoms with van der Waals surface area (Å²) in [6, 6.07) is 6.29. The quantitative estimate of drug-likeness (QED) is 0.238. The van der Waals surface area contributed by atoms with Gasteiger partial charge in [0.15, 0.2) is 0 Å². The van der Waals surface area contributed by atoms with Crippen molar-refractivity contribution in [2.45, 2.75) is 71.6 Å². The molecular formula is C22H34O3. The average Bonchev–Trinajstić information content (AvgIpc) is 2.61. The molecule has 0 aromatic heterocycles. The maximum absolute atomic E-state index is 10.9. The number of hydrogen-bond donors (Lipinski definition) is 0. The lowest BCUT2D eigenvalue weighted by atomic mass is 10.1. The number of ether oxygens (including phenoxy) is 2. The molecule has 0 amide bonds. The first-order valence-corrected chi connectivity index (χ1v) is 9.62. The highest BCUT2D eigenvalue weighted by atomic mass is 16.5. The Labute approximate surface area is 153 Å². The predicted molar refractivity (Wildman–Crippen MR) is 104 cm³/mol. The van der Waals surface area contributed by atoms with Gasteiger partial charge in [0.05, 0.1) is 13.2 Å². The van der Waals surface area contributed by atoms with Crippen molar-refractivity contribution in [3.8, 4) is 5.75 Å². The highest BCUT2D eigenvalue weighted by Crippen LogP contribution is 2.17. The van der Waals surface area contributed by atoms with Crippen molar-refractivity contribution in [2.24, 2.45) is 0 Å². The minimum absolute atomic E-state index is 0.318. The summed E-state index contributed by atoms with van der Waals surface area (Å²) in [5.74, 6) is 0.670. The normalized spacial score (nSPS) is 10.5. The molecule has 0 unspecified atom stereocenters. The maximum atomic E-state index is 10.9. The smallest absolute Gasteiger partial charge is 0.330 e. The molecule has 1 aromatic carbocycles. The van der Waals surface area contributed by atoms with Gasteiger partial charge in [-0.25, -0.2) is 4.79 Å². The van der Waals surface area contributed by atoms with Gasteiger partial charge in [-0.1, -0.05) is 57.6 Å². The lowest BCUT2D eigenvalue weighted by Gasteiger charge is -2.08. The molecule has 0 saturated carbocycles. The third-order valence-electron chi connectivity index (χ3n) is 4.45. The lowest BCUT2D eigenvalue weighted by Crippen LogP contribution is -2.01. The molecule has 0 aliphatic rings. The topological polar surface area (TPSA) is 35.5 Å². The van der Waals surface area contributed by atoms with Crippen LogP contribution in [-0.2, 0) is 9.53 Å². The molecular weight excluding hydrogens is 312 g/mol. The van der Waals surface area contributed by atoms with Gasteiger partial charge in [-0.05, 0) is 49.9 Å². The molecule has 140 valence electrons. The maximum Gasteiger partial charge on any atom is 0.330 e. The fraction of sp³-hybridized carbons (Fsp3) is 0.591. The third kappa shape index (κ3) is 10.6. The van der Waals surface area contributed by atoms with Gasteiger partial charge in [0.25, 0.3) is 0 Å². The molecule has 1 aromatic rings. The van der Waals surface area contributed by atoms with Crippen molar-refractivity contribution >= 4 is 5.97 Å². The van der Waals surface area contributed by atoms with Crippen LogP contribution in [-0.4, -0.2) is 19.2 Å². The second-order valence-electron chi connectivity index (χ2n) is 6.65. The van der Waals surface area contributed by atoms with Gasteiger partial charge in [0.2, 0.25) is 0 Å². The van der Waals surface area contributed by atoms with Gasteiger partial charge in [0, 0.05) is 6.08 Å². The Balaban J connectivity index is 1.85. The molecule has 0 aliphatic heterocycles. The number of benzene rings is 1. The number of rotatable bonds is 14. The van der Waals surface area contributed by atoms with E-state index in [4.69, 9.17) is 9.47 Å². The van der Waals surface area contributed by atoms with E-state index in [1.807, 2.05) is 0 Å². The largest absolute Gasteiger partial charge is 0.494 e. The molecule has 0 radical (unpaired) electrons. The van der Waals surface area contributed by atoms with E-state index >= 15 is 0 Å². The zero-order valence-corrected chi connectivity index (χ0v) is 16.0. The summed E-state index contributed by atoms with van der Waals surface area (Å²) >= 11 is 0. The summed E-state index contributed by atoms with van der Waals surface area (Å²) in [6.07, 6.45) is 12.0. The van der Waals surface area contributed by atoms with Crippen LogP contribution in [0.3, 0.4) is 0 Å². The van der Waals surface area contributed by atoms with Crippen molar-refractivity contribution in [1.82, 2.24) is 0 Å². The van der Waals surface area contributed by atoms with Gasteiger partial charge in [0.1, 0.15) is 5.75 Å². The molecule has 0 spiro atoms. The average molecular weight is 347 g/mol. The first kappa shape index (κ1) is 21.3. The molecule has 0 heterocycles. The molecule has 0 fully saturated rings. The number of aryl methyl sites for hydroxylation is 2. The van der Waals surface area contributed by atoms with Crippen LogP contribution in [0.15, 0.2) is 30.9 Å². The van der Waals surface area contributed by atoms with Gasteiger partial charge in [-0.3, -0.25) is 0 Å². The molecule has 0 bridgehead atoms. The van der Waals surface area contributed by atoms with Crippen molar-refractivity contribution < 1.29 is 14.3 Å². The lowest BCUT2D eigenvalue weighted by molar-refractivity contribution is -0.137. The van der Waals surface area contributed by atoms with Crippen molar-refractivity contribution in [2.75, 3.05) is 13.2 Å². The number of esters is 1. The summed E-state index contributed by atoms with van der Waals surface area (Å²) in [6.45, 7) is 8.95. The molecule has 3 heteroatoms. The Morgan fingerprint density at radius 2 is 1.44 bits per heavy atom. The van der Waals surface area contributed by atoms with Gasteiger partial charge in [-0.2, -0.15) is 0 Å². The Morgan fingerprint density at radius 3 is 2.00 bits per heavy atom. The summed E-state index contributed by atoms with van der Waals surface area (Å²) in [4.78, 5) is 10.9. The standard InChI is InChI=1S/C22H34O3/c1-4-22(23)25-17-13-11-9-7-5-6-8-10-12-16-24-21-15-14-19(2)20(3)18-21/h4,14-15,18H,1,5-13,16-17H2,2-3H3. The SMILES string of the molecule is C=CC(=O)OCCCCCCCCCCCOc1ccc(C)c(C)c1. The summed E-state index contributed by atoms with van der Waals surface area (Å²) in [7, 11) is 0. The molecule has 3 nitrogen and oxygen atoms in total. The van der Waals surface area contributed by atoms with Crippen LogP contribution in [0.4, 0.5) is 0 Å². The Bertz CT molecular complexity index is 508. The molecule has 1 rings (SSSR count). The highest BCUT2D eigenvalue weighted by Gasteiger charge is 1.98. The Hall–Kier alpha value is -1.77. The molecule has 0 aliphatic carbocycles. The van der Waals surface area contributed by atoms with Crippen LogP contribution in [0, 0.1) is 13.8 Å². The van der Waals surface area contributed by atoms with Crippen LogP contribution in [0.25, 0.3) is 0 Å². The van der Waals surface area contributed by atoms with E-state index in [-0.39, 0.29) is 5.97 Å². The number of unbranched alkanes of at least 4 members (excludes halogenated alkanes) is 8. The van der Waals surface area contributed by atoms with Crippen LogP contribution >= 0.6 is 0 Å². The molecule has 0 atom stereocenters. The first-order chi connectivity index (χ1) is 12.1. The molecule has 0 saturated heterocycles. The van der Waals surface area contributed by atoms with E-state index in [9.17, 15) is 4.79 Å². The summed E-state index contributed by atoms with van der Waals surface area (Å²) in [5.41, 5.74) is 2.60. The third-order valence-corrected chi connectivity index (χ3v) is 4.45. The Kier molecular flexibility index (Phi) is 11.5. The van der Waals surface area contributed by atoms with Crippen molar-refractivity contribution in [3.63, 3.8) is 0 Å².